The topological polar surface area (TPSA) is 98.1 Å². The highest BCUT2D eigenvalue weighted by Crippen LogP contribution is 2.47. The van der Waals surface area contributed by atoms with E-state index in [0.29, 0.717) is 30.0 Å². The maximum absolute atomic E-state index is 13.0. The van der Waals surface area contributed by atoms with Crippen molar-refractivity contribution in [3.05, 3.63) is 47.8 Å². The number of benzene rings is 1. The summed E-state index contributed by atoms with van der Waals surface area (Å²) in [5.74, 6) is -1.79. The Bertz CT molecular complexity index is 644. The third-order valence-electron chi connectivity index (χ3n) is 5.04. The fourth-order valence-corrected chi connectivity index (χ4v) is 4.00. The molecular formula is C19H24FNO5. The van der Waals surface area contributed by atoms with E-state index in [1.165, 1.54) is 24.1 Å². The van der Waals surface area contributed by atoms with Crippen LogP contribution in [0.1, 0.15) is 30.9 Å². The molecule has 7 heteroatoms. The second kappa shape index (κ2) is 8.91. The molecule has 0 amide bonds. The highest BCUT2D eigenvalue weighted by atomic mass is 19.1. The number of carboxylic acid groups (broad SMARTS) is 2. The molecule has 1 aliphatic heterocycles. The summed E-state index contributed by atoms with van der Waals surface area (Å²) in [6, 6.07) is 7.19. The van der Waals surface area contributed by atoms with Gasteiger partial charge in [-0.1, -0.05) is 18.6 Å². The van der Waals surface area contributed by atoms with Crippen molar-refractivity contribution < 1.29 is 29.3 Å². The fourth-order valence-electron chi connectivity index (χ4n) is 4.00. The van der Waals surface area contributed by atoms with Gasteiger partial charge in [-0.25, -0.2) is 14.0 Å². The minimum Gasteiger partial charge on any atom is -0.478 e. The number of nitrogens with zero attached hydrogens (tertiary/aromatic N) is 1. The van der Waals surface area contributed by atoms with Gasteiger partial charge in [0, 0.05) is 30.7 Å². The van der Waals surface area contributed by atoms with Crippen LogP contribution in [0.15, 0.2) is 36.4 Å². The molecule has 1 aliphatic carbocycles. The Labute approximate surface area is 151 Å². The third kappa shape index (κ3) is 5.12. The average Bonchev–Trinajstić information content (AvgIpc) is 2.92. The van der Waals surface area contributed by atoms with Crippen LogP contribution in [0, 0.1) is 17.7 Å². The molecule has 1 saturated carbocycles. The van der Waals surface area contributed by atoms with Gasteiger partial charge in [0.15, 0.2) is 0 Å². The van der Waals surface area contributed by atoms with Gasteiger partial charge in [-0.3, -0.25) is 4.90 Å². The molecule has 26 heavy (non-hydrogen) atoms. The van der Waals surface area contributed by atoms with Gasteiger partial charge < -0.3 is 15.3 Å². The van der Waals surface area contributed by atoms with Crippen LogP contribution in [0.4, 0.5) is 4.39 Å². The molecule has 0 bridgehead atoms. The number of hydrogen-bond donors (Lipinski definition) is 3. The first-order valence-corrected chi connectivity index (χ1v) is 8.57. The number of aliphatic carboxylic acids is 2. The van der Waals surface area contributed by atoms with E-state index in [1.54, 1.807) is 0 Å². The van der Waals surface area contributed by atoms with Crippen LogP contribution in [0.25, 0.3) is 0 Å². The van der Waals surface area contributed by atoms with Crippen LogP contribution in [0.3, 0.4) is 0 Å². The van der Waals surface area contributed by atoms with E-state index in [0.717, 1.165) is 19.4 Å². The first-order valence-electron chi connectivity index (χ1n) is 8.57. The largest absolute Gasteiger partial charge is 0.478 e. The smallest absolute Gasteiger partial charge is 0.328 e. The molecule has 1 aromatic rings. The fraction of sp³-hybridized carbons (Fsp3) is 0.474. The molecule has 6 nitrogen and oxygen atoms in total. The van der Waals surface area contributed by atoms with E-state index >= 15 is 0 Å². The maximum Gasteiger partial charge on any atom is 0.328 e. The molecule has 3 rings (SSSR count). The van der Waals surface area contributed by atoms with E-state index in [4.69, 9.17) is 10.2 Å². The number of aliphatic hydroxyl groups is 1. The molecule has 0 aromatic heterocycles. The number of hydrogen-bond acceptors (Lipinski definition) is 4. The van der Waals surface area contributed by atoms with Crippen molar-refractivity contribution in [3.63, 3.8) is 0 Å². The number of aliphatic hydroxyl groups excluding tert-OH is 1. The molecule has 0 radical (unpaired) electrons. The minimum atomic E-state index is -1.26. The van der Waals surface area contributed by atoms with Crippen molar-refractivity contribution in [3.8, 4) is 0 Å². The molecule has 1 aromatic carbocycles. The molecule has 142 valence electrons. The Morgan fingerprint density at radius 1 is 1.08 bits per heavy atom. The van der Waals surface area contributed by atoms with Gasteiger partial charge in [0.1, 0.15) is 5.82 Å². The van der Waals surface area contributed by atoms with Crippen LogP contribution in [0.2, 0.25) is 0 Å². The summed E-state index contributed by atoms with van der Waals surface area (Å²) in [7, 11) is 2.11. The molecule has 2 fully saturated rings. The van der Waals surface area contributed by atoms with Gasteiger partial charge in [-0.05, 0) is 43.5 Å². The number of rotatable bonds is 3. The van der Waals surface area contributed by atoms with Gasteiger partial charge in [0.05, 0.1) is 6.10 Å². The van der Waals surface area contributed by atoms with E-state index in [-0.39, 0.29) is 11.9 Å². The van der Waals surface area contributed by atoms with Gasteiger partial charge >= 0.3 is 11.9 Å². The summed E-state index contributed by atoms with van der Waals surface area (Å²) in [6.45, 7) is 0.952. The first-order chi connectivity index (χ1) is 12.3. The normalized spacial score (nSPS) is 28.3. The van der Waals surface area contributed by atoms with Crippen molar-refractivity contribution >= 4 is 11.9 Å². The molecular weight excluding hydrogens is 341 g/mol. The van der Waals surface area contributed by atoms with Crippen molar-refractivity contribution in [1.82, 2.24) is 4.90 Å². The lowest BCUT2D eigenvalue weighted by Gasteiger charge is -2.32. The van der Waals surface area contributed by atoms with E-state index in [9.17, 15) is 19.1 Å². The van der Waals surface area contributed by atoms with Crippen molar-refractivity contribution in [1.29, 1.82) is 0 Å². The lowest BCUT2D eigenvalue weighted by atomic mass is 9.75. The Balaban J connectivity index is 0.000000260. The zero-order valence-electron chi connectivity index (χ0n) is 14.6. The molecule has 1 heterocycles. The summed E-state index contributed by atoms with van der Waals surface area (Å²) in [5, 5.41) is 25.7. The standard InChI is InChI=1S/C15H20FNO.C4H4O4/c1-17-9-13-12(3-2-4-14(13)18)15(17)10-5-7-11(16)8-6-10;5-3(6)1-2-4(7)8/h5-8,12-15,18H,2-4,9H2,1H3;1-2H,(H,5,6)(H,7,8)/b;2-1+/t12-,13-,14-,15?;/m1./s1. The molecule has 1 saturated heterocycles. The zero-order chi connectivity index (χ0) is 19.3. The summed E-state index contributed by atoms with van der Waals surface area (Å²) in [4.78, 5) is 21.4. The Hall–Kier alpha value is -2.25. The first kappa shape index (κ1) is 20.1. The monoisotopic (exact) mass is 365 g/mol. The summed E-state index contributed by atoms with van der Waals surface area (Å²) in [5.41, 5.74) is 1.18. The van der Waals surface area contributed by atoms with E-state index < -0.39 is 11.9 Å². The number of carboxylic acids is 2. The highest BCUT2D eigenvalue weighted by molar-refractivity contribution is 5.89. The molecule has 3 N–H and O–H groups in total. The Morgan fingerprint density at radius 3 is 2.19 bits per heavy atom. The SMILES string of the molecule is CN1C[C@H]2[C@H](O)CCC[C@H]2C1c1ccc(F)cc1.O=C(O)/C=C/C(=O)O. The minimum absolute atomic E-state index is 0.156. The van der Waals surface area contributed by atoms with Gasteiger partial charge in [0.2, 0.25) is 0 Å². The molecule has 0 spiro atoms. The molecule has 2 aliphatic rings. The van der Waals surface area contributed by atoms with Crippen LogP contribution < -0.4 is 0 Å². The quantitative estimate of drug-likeness (QED) is 0.711. The van der Waals surface area contributed by atoms with Crippen molar-refractivity contribution in [2.75, 3.05) is 13.6 Å². The van der Waals surface area contributed by atoms with Crippen LogP contribution >= 0.6 is 0 Å². The number of carbonyl (C=O) groups is 2. The number of likely N-dealkylation sites (tertiary alicyclic amines) is 1. The van der Waals surface area contributed by atoms with Crippen molar-refractivity contribution in [2.45, 2.75) is 31.4 Å². The maximum atomic E-state index is 13.0. The predicted octanol–water partition coefficient (Wildman–Crippen LogP) is 2.30. The number of halogens is 1. The molecule has 1 unspecified atom stereocenters. The van der Waals surface area contributed by atoms with Crippen LogP contribution in [0.5, 0.6) is 0 Å². The predicted molar refractivity (Wildman–Crippen MR) is 93.0 cm³/mol. The van der Waals surface area contributed by atoms with Crippen molar-refractivity contribution in [2.24, 2.45) is 11.8 Å². The second-order valence-corrected chi connectivity index (χ2v) is 6.77. The summed E-state index contributed by atoms with van der Waals surface area (Å²) >= 11 is 0. The Morgan fingerprint density at radius 2 is 1.65 bits per heavy atom. The summed E-state index contributed by atoms with van der Waals surface area (Å²) < 4.78 is 13.0. The summed E-state index contributed by atoms with van der Waals surface area (Å²) in [6.07, 6.45) is 4.18. The lowest BCUT2D eigenvalue weighted by molar-refractivity contribution is -0.134. The van der Waals surface area contributed by atoms with Gasteiger partial charge in [-0.2, -0.15) is 0 Å². The van der Waals surface area contributed by atoms with E-state index in [1.807, 2.05) is 12.1 Å². The zero-order valence-corrected chi connectivity index (χ0v) is 14.6. The van der Waals surface area contributed by atoms with Gasteiger partial charge in [-0.15, -0.1) is 0 Å². The third-order valence-corrected chi connectivity index (χ3v) is 5.04. The number of fused-ring (bicyclic) bond motifs is 1. The van der Waals surface area contributed by atoms with Gasteiger partial charge in [0.25, 0.3) is 0 Å². The highest BCUT2D eigenvalue weighted by Gasteiger charge is 2.45. The Kier molecular flexibility index (Phi) is 6.88. The average molecular weight is 365 g/mol. The lowest BCUT2D eigenvalue weighted by Crippen LogP contribution is -2.31. The van der Waals surface area contributed by atoms with Crippen LogP contribution in [-0.2, 0) is 9.59 Å². The molecule has 4 atom stereocenters. The second-order valence-electron chi connectivity index (χ2n) is 6.77. The van der Waals surface area contributed by atoms with Crippen LogP contribution in [-0.4, -0.2) is 51.9 Å². The van der Waals surface area contributed by atoms with E-state index in [2.05, 4.69) is 11.9 Å².